The van der Waals surface area contributed by atoms with Crippen molar-refractivity contribution in [3.05, 3.63) is 35.0 Å². The first kappa shape index (κ1) is 11.1. The van der Waals surface area contributed by atoms with E-state index in [1.54, 1.807) is 17.4 Å². The van der Waals surface area contributed by atoms with Gasteiger partial charge in [0.2, 0.25) is 0 Å². The van der Waals surface area contributed by atoms with E-state index in [1.807, 2.05) is 19.9 Å². The summed E-state index contributed by atoms with van der Waals surface area (Å²) in [6.07, 6.45) is 0. The molecule has 84 valence electrons. The summed E-state index contributed by atoms with van der Waals surface area (Å²) in [6, 6.07) is 6.53. The molecule has 1 heterocycles. The van der Waals surface area contributed by atoms with Crippen molar-refractivity contribution in [1.29, 1.82) is 0 Å². The third kappa shape index (κ3) is 2.22. The third-order valence-corrected chi connectivity index (χ3v) is 3.15. The lowest BCUT2D eigenvalue weighted by atomic mass is 10.1. The van der Waals surface area contributed by atoms with Crippen LogP contribution in [0.2, 0.25) is 0 Å². The number of hydrogen-bond donors (Lipinski definition) is 1. The average Bonchev–Trinajstić information content (AvgIpc) is 2.60. The van der Waals surface area contributed by atoms with Gasteiger partial charge >= 0.3 is 0 Å². The quantitative estimate of drug-likeness (QED) is 0.879. The van der Waals surface area contributed by atoms with Gasteiger partial charge in [-0.2, -0.15) is 0 Å². The third-order valence-electron chi connectivity index (χ3n) is 2.22. The van der Waals surface area contributed by atoms with Crippen molar-refractivity contribution in [2.45, 2.75) is 13.8 Å². The number of halogens is 1. The minimum Gasteiger partial charge on any atom is -0.362 e. The van der Waals surface area contributed by atoms with Crippen molar-refractivity contribution >= 4 is 16.5 Å². The number of aryl methyl sites for hydroxylation is 1. The molecule has 0 aliphatic carbocycles. The normalized spacial score (nSPS) is 10.4. The second kappa shape index (κ2) is 4.61. The van der Waals surface area contributed by atoms with Gasteiger partial charge in [-0.25, -0.2) is 9.37 Å². The van der Waals surface area contributed by atoms with Crippen LogP contribution in [0.15, 0.2) is 24.3 Å². The van der Waals surface area contributed by atoms with Crippen LogP contribution in [0.25, 0.3) is 11.3 Å². The Hall–Kier alpha value is -1.42. The summed E-state index contributed by atoms with van der Waals surface area (Å²) < 4.78 is 13.1. The van der Waals surface area contributed by atoms with Crippen LogP contribution < -0.4 is 5.32 Å². The molecule has 0 unspecified atom stereocenters. The average molecular weight is 236 g/mol. The highest BCUT2D eigenvalue weighted by atomic mass is 32.1. The zero-order chi connectivity index (χ0) is 11.5. The number of anilines is 1. The zero-order valence-corrected chi connectivity index (χ0v) is 10.1. The van der Waals surface area contributed by atoms with E-state index in [0.29, 0.717) is 0 Å². The van der Waals surface area contributed by atoms with E-state index < -0.39 is 0 Å². The standard InChI is InChI=1S/C12H13FN2S/c1-3-14-12-15-11(8(2)16-12)9-5-4-6-10(13)7-9/h4-7H,3H2,1-2H3,(H,14,15). The lowest BCUT2D eigenvalue weighted by Crippen LogP contribution is -1.94. The molecule has 2 rings (SSSR count). The van der Waals surface area contributed by atoms with E-state index >= 15 is 0 Å². The van der Waals surface area contributed by atoms with Crippen molar-refractivity contribution < 1.29 is 4.39 Å². The Morgan fingerprint density at radius 2 is 2.25 bits per heavy atom. The summed E-state index contributed by atoms with van der Waals surface area (Å²) in [5, 5.41) is 4.05. The second-order valence-corrected chi connectivity index (χ2v) is 4.67. The van der Waals surface area contributed by atoms with Crippen LogP contribution in [0.4, 0.5) is 9.52 Å². The van der Waals surface area contributed by atoms with Gasteiger partial charge in [-0.3, -0.25) is 0 Å². The fraction of sp³-hybridized carbons (Fsp3) is 0.250. The van der Waals surface area contributed by atoms with Crippen LogP contribution in [-0.2, 0) is 0 Å². The molecule has 0 bridgehead atoms. The Labute approximate surface area is 98.2 Å². The number of aromatic nitrogens is 1. The highest BCUT2D eigenvalue weighted by molar-refractivity contribution is 7.16. The predicted octanol–water partition coefficient (Wildman–Crippen LogP) is 3.69. The maximum Gasteiger partial charge on any atom is 0.183 e. The molecule has 1 aromatic carbocycles. The Balaban J connectivity index is 2.40. The van der Waals surface area contributed by atoms with Crippen molar-refractivity contribution in [2.75, 3.05) is 11.9 Å². The predicted molar refractivity (Wildman–Crippen MR) is 66.4 cm³/mol. The molecule has 0 aliphatic heterocycles. The number of benzene rings is 1. The molecule has 0 aliphatic rings. The lowest BCUT2D eigenvalue weighted by Gasteiger charge is -1.98. The van der Waals surface area contributed by atoms with E-state index in [2.05, 4.69) is 10.3 Å². The highest BCUT2D eigenvalue weighted by Crippen LogP contribution is 2.30. The van der Waals surface area contributed by atoms with Gasteiger partial charge in [0.15, 0.2) is 5.13 Å². The summed E-state index contributed by atoms with van der Waals surface area (Å²) in [5.74, 6) is -0.227. The second-order valence-electron chi connectivity index (χ2n) is 3.46. The van der Waals surface area contributed by atoms with Gasteiger partial charge in [0.1, 0.15) is 5.82 Å². The molecule has 0 saturated carbocycles. The Morgan fingerprint density at radius 1 is 1.44 bits per heavy atom. The topological polar surface area (TPSA) is 24.9 Å². The van der Waals surface area contributed by atoms with Crippen LogP contribution in [0.3, 0.4) is 0 Å². The molecule has 0 spiro atoms. The Bertz CT molecular complexity index is 494. The van der Waals surface area contributed by atoms with Crippen LogP contribution in [0.1, 0.15) is 11.8 Å². The SMILES string of the molecule is CCNc1nc(-c2cccc(F)c2)c(C)s1. The maximum absolute atomic E-state index is 13.1. The molecule has 2 aromatic rings. The fourth-order valence-corrected chi connectivity index (χ4v) is 2.43. The van der Waals surface area contributed by atoms with Crippen molar-refractivity contribution in [3.63, 3.8) is 0 Å². The molecular formula is C12H13FN2S. The van der Waals surface area contributed by atoms with Gasteiger partial charge < -0.3 is 5.32 Å². The van der Waals surface area contributed by atoms with Gasteiger partial charge in [-0.15, -0.1) is 11.3 Å². The van der Waals surface area contributed by atoms with Gasteiger partial charge in [0.05, 0.1) is 5.69 Å². The summed E-state index contributed by atoms with van der Waals surface area (Å²) >= 11 is 1.59. The number of nitrogens with zero attached hydrogens (tertiary/aromatic N) is 1. The Kier molecular flexibility index (Phi) is 3.19. The molecule has 2 nitrogen and oxygen atoms in total. The van der Waals surface area contributed by atoms with Crippen LogP contribution >= 0.6 is 11.3 Å². The van der Waals surface area contributed by atoms with Crippen molar-refractivity contribution in [3.8, 4) is 11.3 Å². The molecular weight excluding hydrogens is 223 g/mol. The molecule has 1 aromatic heterocycles. The molecule has 16 heavy (non-hydrogen) atoms. The Morgan fingerprint density at radius 3 is 2.94 bits per heavy atom. The number of nitrogens with one attached hydrogen (secondary N) is 1. The first-order valence-electron chi connectivity index (χ1n) is 5.18. The number of hydrogen-bond acceptors (Lipinski definition) is 3. The summed E-state index contributed by atoms with van der Waals surface area (Å²) in [6.45, 7) is 4.87. The minimum absolute atomic E-state index is 0.227. The van der Waals surface area contributed by atoms with Crippen molar-refractivity contribution in [1.82, 2.24) is 4.98 Å². The molecule has 0 radical (unpaired) electrons. The summed E-state index contributed by atoms with van der Waals surface area (Å²) in [5.41, 5.74) is 1.69. The molecule has 1 N–H and O–H groups in total. The monoisotopic (exact) mass is 236 g/mol. The van der Waals surface area contributed by atoms with E-state index in [9.17, 15) is 4.39 Å². The molecule has 0 amide bonds. The smallest absolute Gasteiger partial charge is 0.183 e. The summed E-state index contributed by atoms with van der Waals surface area (Å²) in [4.78, 5) is 5.55. The zero-order valence-electron chi connectivity index (χ0n) is 9.25. The van der Waals surface area contributed by atoms with E-state index in [4.69, 9.17) is 0 Å². The number of rotatable bonds is 3. The first-order valence-corrected chi connectivity index (χ1v) is 5.99. The molecule has 0 atom stereocenters. The maximum atomic E-state index is 13.1. The molecule has 4 heteroatoms. The number of thiazole rings is 1. The fourth-order valence-electron chi connectivity index (χ4n) is 1.53. The first-order chi connectivity index (χ1) is 7.70. The van der Waals surface area contributed by atoms with E-state index in [0.717, 1.165) is 27.8 Å². The highest BCUT2D eigenvalue weighted by Gasteiger charge is 2.09. The molecule has 0 saturated heterocycles. The minimum atomic E-state index is -0.227. The van der Waals surface area contributed by atoms with E-state index in [1.165, 1.54) is 12.1 Å². The van der Waals surface area contributed by atoms with Gasteiger partial charge in [0.25, 0.3) is 0 Å². The largest absolute Gasteiger partial charge is 0.362 e. The van der Waals surface area contributed by atoms with E-state index in [-0.39, 0.29) is 5.82 Å². The van der Waals surface area contributed by atoms with Crippen LogP contribution in [0, 0.1) is 12.7 Å². The van der Waals surface area contributed by atoms with Gasteiger partial charge in [-0.05, 0) is 26.0 Å². The van der Waals surface area contributed by atoms with Gasteiger partial charge in [0, 0.05) is 17.0 Å². The van der Waals surface area contributed by atoms with Crippen LogP contribution in [0.5, 0.6) is 0 Å². The summed E-state index contributed by atoms with van der Waals surface area (Å²) in [7, 11) is 0. The lowest BCUT2D eigenvalue weighted by molar-refractivity contribution is 0.628. The van der Waals surface area contributed by atoms with Gasteiger partial charge in [-0.1, -0.05) is 12.1 Å². The van der Waals surface area contributed by atoms with Crippen molar-refractivity contribution in [2.24, 2.45) is 0 Å². The molecule has 0 fully saturated rings. The van der Waals surface area contributed by atoms with Crippen LogP contribution in [-0.4, -0.2) is 11.5 Å².